The number of halogens is 3. The lowest BCUT2D eigenvalue weighted by Crippen LogP contribution is -2.29. The Kier molecular flexibility index (Phi) is 6.19. The molecule has 0 unspecified atom stereocenters. The first kappa shape index (κ1) is 25.3. The first-order valence-corrected chi connectivity index (χ1v) is 10.6. The Morgan fingerprint density at radius 2 is 1.70 bits per heavy atom. The van der Waals surface area contributed by atoms with E-state index in [1.807, 2.05) is 0 Å². The largest absolute Gasteiger partial charge is 0.479 e. The molecule has 4 N–H and O–H groups in total. The molecular weight excluding hydrogens is 495 g/mol. The molecule has 2 amide bonds. The maximum Gasteiger partial charge on any atom is 0.417 e. The zero-order valence-electron chi connectivity index (χ0n) is 19.7. The van der Waals surface area contributed by atoms with Crippen LogP contribution in [0.1, 0.15) is 46.2 Å². The highest BCUT2D eigenvalue weighted by atomic mass is 19.4. The van der Waals surface area contributed by atoms with Crippen LogP contribution >= 0.6 is 0 Å². The lowest BCUT2D eigenvalue weighted by atomic mass is 10.1. The first-order chi connectivity index (χ1) is 17.3. The summed E-state index contributed by atoms with van der Waals surface area (Å²) in [5.74, 6) is -1.97. The standard InChI is InChI=1S/C23H20F3N7O4/c1-22(2,21-31-30-19(33(21)3)12-6-4-5-7-14(12)23(24,25)26)36-15-9-8-11(16(27)34)10-13(15)20-29-18(17(28)35)32-37-20/h4-10H,1-3H3,(H2,27,34)(H2,28,35). The molecule has 37 heavy (non-hydrogen) atoms. The fourth-order valence-electron chi connectivity index (χ4n) is 3.71. The first-order valence-electron chi connectivity index (χ1n) is 10.6. The fourth-order valence-corrected chi connectivity index (χ4v) is 3.71. The fraction of sp³-hybridized carbons (Fsp3) is 0.217. The van der Waals surface area contributed by atoms with E-state index in [-0.39, 0.29) is 40.0 Å². The molecule has 0 saturated carbocycles. The van der Waals surface area contributed by atoms with Gasteiger partial charge in [0.05, 0.1) is 11.1 Å². The summed E-state index contributed by atoms with van der Waals surface area (Å²) >= 11 is 0. The van der Waals surface area contributed by atoms with Crippen molar-refractivity contribution in [3.05, 3.63) is 65.2 Å². The highest BCUT2D eigenvalue weighted by Crippen LogP contribution is 2.38. The molecule has 4 aromatic rings. The predicted octanol–water partition coefficient (Wildman–Crippen LogP) is 3.06. The van der Waals surface area contributed by atoms with Gasteiger partial charge in [0, 0.05) is 18.2 Å². The van der Waals surface area contributed by atoms with Gasteiger partial charge in [0.15, 0.2) is 17.2 Å². The number of carbonyl (C=O) groups excluding carboxylic acids is 2. The van der Waals surface area contributed by atoms with Crippen molar-refractivity contribution in [1.82, 2.24) is 24.9 Å². The minimum atomic E-state index is -4.60. The summed E-state index contributed by atoms with van der Waals surface area (Å²) in [6.45, 7) is 3.23. The van der Waals surface area contributed by atoms with Crippen LogP contribution in [0.4, 0.5) is 13.2 Å². The van der Waals surface area contributed by atoms with Gasteiger partial charge in [0.25, 0.3) is 17.6 Å². The number of nitrogens with two attached hydrogens (primary N) is 2. The van der Waals surface area contributed by atoms with Crippen LogP contribution in [0, 0.1) is 0 Å². The summed E-state index contributed by atoms with van der Waals surface area (Å²) in [6, 6.07) is 9.16. The van der Waals surface area contributed by atoms with E-state index < -0.39 is 35.0 Å². The van der Waals surface area contributed by atoms with E-state index in [4.69, 9.17) is 20.7 Å². The van der Waals surface area contributed by atoms with Crippen molar-refractivity contribution in [2.45, 2.75) is 25.6 Å². The SMILES string of the molecule is Cn1c(-c2ccccc2C(F)(F)F)nnc1C(C)(C)Oc1ccc(C(N)=O)cc1-c1nc(C(N)=O)no1. The Hall–Kier alpha value is -4.75. The zero-order chi connectivity index (χ0) is 27.1. The molecule has 14 heteroatoms. The number of amides is 2. The van der Waals surface area contributed by atoms with Gasteiger partial charge in [0.2, 0.25) is 5.91 Å². The Balaban J connectivity index is 1.76. The Labute approximate surface area is 207 Å². The van der Waals surface area contributed by atoms with Gasteiger partial charge in [-0.25, -0.2) is 0 Å². The third kappa shape index (κ3) is 4.85. The van der Waals surface area contributed by atoms with Gasteiger partial charge < -0.3 is 25.3 Å². The van der Waals surface area contributed by atoms with Crippen LogP contribution in [0.25, 0.3) is 22.8 Å². The highest BCUT2D eigenvalue weighted by molar-refractivity contribution is 5.94. The van der Waals surface area contributed by atoms with Gasteiger partial charge in [0.1, 0.15) is 5.75 Å². The molecule has 2 aromatic heterocycles. The van der Waals surface area contributed by atoms with Gasteiger partial charge in [-0.15, -0.1) is 10.2 Å². The molecule has 0 saturated heterocycles. The molecule has 2 aromatic carbocycles. The molecule has 0 bridgehead atoms. The smallest absolute Gasteiger partial charge is 0.417 e. The normalized spacial score (nSPS) is 11.9. The van der Waals surface area contributed by atoms with E-state index in [0.717, 1.165) is 6.07 Å². The van der Waals surface area contributed by atoms with Crippen LogP contribution in [0.15, 0.2) is 47.0 Å². The van der Waals surface area contributed by atoms with Gasteiger partial charge in [-0.05, 0) is 38.1 Å². The van der Waals surface area contributed by atoms with E-state index in [1.165, 1.54) is 48.0 Å². The monoisotopic (exact) mass is 515 g/mol. The van der Waals surface area contributed by atoms with Crippen LogP contribution in [0.5, 0.6) is 5.75 Å². The van der Waals surface area contributed by atoms with Crippen LogP contribution in [0.3, 0.4) is 0 Å². The Bertz CT molecular complexity index is 1510. The number of hydrogen-bond acceptors (Lipinski definition) is 8. The van der Waals surface area contributed by atoms with E-state index in [1.54, 1.807) is 13.8 Å². The number of nitrogens with zero attached hydrogens (tertiary/aromatic N) is 5. The van der Waals surface area contributed by atoms with Crippen molar-refractivity contribution in [2.24, 2.45) is 18.5 Å². The van der Waals surface area contributed by atoms with E-state index in [9.17, 15) is 22.8 Å². The topological polar surface area (TPSA) is 165 Å². The average Bonchev–Trinajstić information content (AvgIpc) is 3.46. The van der Waals surface area contributed by atoms with Crippen molar-refractivity contribution < 1.29 is 32.0 Å². The Morgan fingerprint density at radius 3 is 2.32 bits per heavy atom. The maximum atomic E-state index is 13.6. The minimum absolute atomic E-state index is 0.0214. The summed E-state index contributed by atoms with van der Waals surface area (Å²) < 4.78 is 53.4. The second-order valence-corrected chi connectivity index (χ2v) is 8.42. The summed E-state index contributed by atoms with van der Waals surface area (Å²) in [5, 5.41) is 11.6. The summed E-state index contributed by atoms with van der Waals surface area (Å²) in [7, 11) is 1.51. The molecule has 4 rings (SSSR count). The molecule has 0 radical (unpaired) electrons. The number of hydrogen-bond donors (Lipinski definition) is 2. The number of ether oxygens (including phenoxy) is 1. The number of rotatable bonds is 7. The van der Waals surface area contributed by atoms with Crippen molar-refractivity contribution in [2.75, 3.05) is 0 Å². The Morgan fingerprint density at radius 1 is 1.00 bits per heavy atom. The van der Waals surface area contributed by atoms with Gasteiger partial charge >= 0.3 is 6.18 Å². The van der Waals surface area contributed by atoms with Crippen molar-refractivity contribution >= 4 is 11.8 Å². The van der Waals surface area contributed by atoms with Gasteiger partial charge in [-0.1, -0.05) is 23.4 Å². The molecule has 0 spiro atoms. The summed E-state index contributed by atoms with van der Waals surface area (Å²) in [6.07, 6.45) is -4.60. The predicted molar refractivity (Wildman–Crippen MR) is 122 cm³/mol. The van der Waals surface area contributed by atoms with Crippen molar-refractivity contribution in [1.29, 1.82) is 0 Å². The average molecular weight is 515 g/mol. The molecule has 0 aliphatic heterocycles. The minimum Gasteiger partial charge on any atom is -0.479 e. The number of benzene rings is 2. The second kappa shape index (κ2) is 9.04. The van der Waals surface area contributed by atoms with Gasteiger partial charge in [-0.2, -0.15) is 18.2 Å². The van der Waals surface area contributed by atoms with Crippen LogP contribution < -0.4 is 16.2 Å². The van der Waals surface area contributed by atoms with Crippen molar-refractivity contribution in [3.8, 4) is 28.6 Å². The lowest BCUT2D eigenvalue weighted by Gasteiger charge is -2.26. The lowest BCUT2D eigenvalue weighted by molar-refractivity contribution is -0.137. The molecular formula is C23H20F3N7O4. The highest BCUT2D eigenvalue weighted by Gasteiger charge is 2.36. The third-order valence-corrected chi connectivity index (χ3v) is 5.39. The molecule has 0 fully saturated rings. The number of primary amides is 2. The number of carbonyl (C=O) groups is 2. The molecule has 0 atom stereocenters. The number of aromatic nitrogens is 5. The van der Waals surface area contributed by atoms with Crippen LogP contribution in [-0.2, 0) is 18.8 Å². The maximum absolute atomic E-state index is 13.6. The van der Waals surface area contributed by atoms with E-state index >= 15 is 0 Å². The third-order valence-electron chi connectivity index (χ3n) is 5.39. The van der Waals surface area contributed by atoms with Crippen LogP contribution in [-0.4, -0.2) is 36.7 Å². The zero-order valence-corrected chi connectivity index (χ0v) is 19.7. The summed E-state index contributed by atoms with van der Waals surface area (Å²) in [4.78, 5) is 27.1. The quantitative estimate of drug-likeness (QED) is 0.379. The molecule has 2 heterocycles. The molecule has 11 nitrogen and oxygen atoms in total. The number of alkyl halides is 3. The van der Waals surface area contributed by atoms with E-state index in [2.05, 4.69) is 20.3 Å². The molecule has 0 aliphatic carbocycles. The molecule has 192 valence electrons. The summed E-state index contributed by atoms with van der Waals surface area (Å²) in [5.41, 5.74) is 8.49. The van der Waals surface area contributed by atoms with Gasteiger partial charge in [-0.3, -0.25) is 9.59 Å². The second-order valence-electron chi connectivity index (χ2n) is 8.42. The molecule has 0 aliphatic rings. The van der Waals surface area contributed by atoms with Crippen molar-refractivity contribution in [3.63, 3.8) is 0 Å². The van der Waals surface area contributed by atoms with E-state index in [0.29, 0.717) is 0 Å². The van der Waals surface area contributed by atoms with Crippen LogP contribution in [0.2, 0.25) is 0 Å².